The van der Waals surface area contributed by atoms with E-state index in [2.05, 4.69) is 12.2 Å². The first-order valence-corrected chi connectivity index (χ1v) is 4.53. The molecule has 1 fully saturated rings. The van der Waals surface area contributed by atoms with Crippen LogP contribution in [0.5, 0.6) is 0 Å². The molecule has 1 aliphatic rings. The predicted octanol–water partition coefficient (Wildman–Crippen LogP) is 0.456. The Kier molecular flexibility index (Phi) is 29.9. The number of rotatable bonds is 0. The van der Waals surface area contributed by atoms with E-state index < -0.39 is 0 Å². The second-order valence-electron chi connectivity index (χ2n) is 2.02. The van der Waals surface area contributed by atoms with Crippen molar-refractivity contribution in [1.29, 1.82) is 0 Å². The molecule has 11 heavy (non-hydrogen) atoms. The van der Waals surface area contributed by atoms with Gasteiger partial charge in [0, 0.05) is 0 Å². The fraction of sp³-hybridized carbons (Fsp3) is 1.00. The third-order valence-electron chi connectivity index (χ3n) is 1.22. The standard InChI is InChI=1S/C5H10N.2C2H6.Rb/c1-5-2-3-6-4-5;2*1-2;/h5H,2-4H2,1H3;2*1-2H3;/q-1;;;+1. The van der Waals surface area contributed by atoms with Crippen molar-refractivity contribution in [1.82, 2.24) is 0 Å². The average Bonchev–Trinajstić information content (AvgIpc) is 2.48. The first kappa shape index (κ1) is 18.5. The van der Waals surface area contributed by atoms with Crippen LogP contribution in [0.25, 0.3) is 5.32 Å². The molecule has 1 atom stereocenters. The molecule has 1 heterocycles. The summed E-state index contributed by atoms with van der Waals surface area (Å²) in [7, 11) is 0. The summed E-state index contributed by atoms with van der Waals surface area (Å²) in [6.07, 6.45) is 1.32. The van der Waals surface area contributed by atoms with Crippen LogP contribution in [0.4, 0.5) is 0 Å². The summed E-state index contributed by atoms with van der Waals surface area (Å²) >= 11 is 0. The summed E-state index contributed by atoms with van der Waals surface area (Å²) < 4.78 is 0. The molecule has 64 valence electrons. The van der Waals surface area contributed by atoms with Crippen molar-refractivity contribution in [3.05, 3.63) is 5.32 Å². The number of hydrogen-bond donors (Lipinski definition) is 0. The van der Waals surface area contributed by atoms with Gasteiger partial charge in [-0.25, -0.2) is 0 Å². The maximum absolute atomic E-state index is 4.16. The van der Waals surface area contributed by atoms with Gasteiger partial charge in [-0.1, -0.05) is 47.0 Å². The van der Waals surface area contributed by atoms with Crippen molar-refractivity contribution in [2.45, 2.75) is 41.0 Å². The fourth-order valence-electron chi connectivity index (χ4n) is 0.715. The minimum atomic E-state index is 0. The van der Waals surface area contributed by atoms with Crippen molar-refractivity contribution in [2.75, 3.05) is 13.1 Å². The third kappa shape index (κ3) is 14.6. The fourth-order valence-corrected chi connectivity index (χ4v) is 0.715. The van der Waals surface area contributed by atoms with Gasteiger partial charge in [0.1, 0.15) is 0 Å². The van der Waals surface area contributed by atoms with E-state index in [1.165, 1.54) is 6.42 Å². The number of hydrogen-bond acceptors (Lipinski definition) is 0. The van der Waals surface area contributed by atoms with E-state index >= 15 is 0 Å². The smallest absolute Gasteiger partial charge is 0.662 e. The van der Waals surface area contributed by atoms with Gasteiger partial charge in [-0.3, -0.25) is 0 Å². The van der Waals surface area contributed by atoms with E-state index in [1.807, 2.05) is 27.7 Å². The molecular weight excluding hydrogens is 208 g/mol. The van der Waals surface area contributed by atoms with E-state index in [-0.39, 0.29) is 58.2 Å². The van der Waals surface area contributed by atoms with Crippen molar-refractivity contribution >= 4 is 0 Å². The zero-order valence-electron chi connectivity index (χ0n) is 9.15. The molecule has 0 aromatic heterocycles. The SMILES string of the molecule is CC.CC.CC1CC[N-]C1.[Rb+]. The molecule has 1 aliphatic heterocycles. The quantitative estimate of drug-likeness (QED) is 0.573. The van der Waals surface area contributed by atoms with Gasteiger partial charge in [0.15, 0.2) is 0 Å². The van der Waals surface area contributed by atoms with Crippen LogP contribution in [-0.4, -0.2) is 13.1 Å². The molecule has 2 heteroatoms. The van der Waals surface area contributed by atoms with Crippen LogP contribution in [0.2, 0.25) is 0 Å². The van der Waals surface area contributed by atoms with Crippen molar-refractivity contribution in [2.24, 2.45) is 5.92 Å². The second-order valence-corrected chi connectivity index (χ2v) is 2.02. The zero-order valence-corrected chi connectivity index (χ0v) is 14.1. The van der Waals surface area contributed by atoms with Gasteiger partial charge < -0.3 is 5.32 Å². The van der Waals surface area contributed by atoms with Crippen molar-refractivity contribution in [3.8, 4) is 0 Å². The molecule has 0 radical (unpaired) electrons. The molecule has 0 saturated carbocycles. The molecule has 1 saturated heterocycles. The molecule has 0 aromatic rings. The molecule has 0 N–H and O–H groups in total. The van der Waals surface area contributed by atoms with Gasteiger partial charge in [-0.05, 0) is 0 Å². The van der Waals surface area contributed by atoms with Gasteiger partial charge in [-0.2, -0.15) is 0 Å². The average molecular weight is 230 g/mol. The maximum Gasteiger partial charge on any atom is 1.00 e. The third-order valence-corrected chi connectivity index (χ3v) is 1.22. The zero-order chi connectivity index (χ0) is 8.41. The maximum atomic E-state index is 4.16. The largest absolute Gasteiger partial charge is 1.00 e. The Hall–Kier alpha value is 1.77. The van der Waals surface area contributed by atoms with Gasteiger partial charge in [0.2, 0.25) is 0 Å². The summed E-state index contributed by atoms with van der Waals surface area (Å²) in [5.41, 5.74) is 0. The van der Waals surface area contributed by atoms with Gasteiger partial charge >= 0.3 is 58.2 Å². The van der Waals surface area contributed by atoms with E-state index in [4.69, 9.17) is 0 Å². The monoisotopic (exact) mass is 229 g/mol. The summed E-state index contributed by atoms with van der Waals surface area (Å²) in [5, 5.41) is 4.16. The van der Waals surface area contributed by atoms with E-state index in [9.17, 15) is 0 Å². The van der Waals surface area contributed by atoms with E-state index in [0.29, 0.717) is 0 Å². The molecule has 0 spiro atoms. The van der Waals surface area contributed by atoms with Gasteiger partial charge in [0.25, 0.3) is 0 Å². The van der Waals surface area contributed by atoms with E-state index in [1.54, 1.807) is 0 Å². The normalized spacial score (nSPS) is 19.9. The van der Waals surface area contributed by atoms with Crippen LogP contribution in [0.15, 0.2) is 0 Å². The van der Waals surface area contributed by atoms with E-state index in [0.717, 1.165) is 19.0 Å². The summed E-state index contributed by atoms with van der Waals surface area (Å²) in [5.74, 6) is 0.880. The Morgan fingerprint density at radius 2 is 1.55 bits per heavy atom. The first-order chi connectivity index (χ1) is 4.89. The van der Waals surface area contributed by atoms with Crippen LogP contribution in [0, 0.1) is 5.92 Å². The van der Waals surface area contributed by atoms with Crippen LogP contribution < -0.4 is 58.2 Å². The summed E-state index contributed by atoms with van der Waals surface area (Å²) in [6, 6.07) is 0. The molecule has 0 bridgehead atoms. The Morgan fingerprint density at radius 1 is 1.09 bits per heavy atom. The molecule has 1 nitrogen and oxygen atoms in total. The Labute approximate surface area is 122 Å². The minimum Gasteiger partial charge on any atom is -0.662 e. The van der Waals surface area contributed by atoms with Crippen molar-refractivity contribution < 1.29 is 58.2 Å². The Morgan fingerprint density at radius 3 is 1.64 bits per heavy atom. The molecule has 0 aliphatic carbocycles. The van der Waals surface area contributed by atoms with Crippen LogP contribution >= 0.6 is 0 Å². The molecule has 1 unspecified atom stereocenters. The van der Waals surface area contributed by atoms with Gasteiger partial charge in [-0.15, -0.1) is 13.1 Å². The molecule has 0 aromatic carbocycles. The molecular formula is C9H22NRb. The molecule has 1 rings (SSSR count). The van der Waals surface area contributed by atoms with Crippen LogP contribution in [0.3, 0.4) is 0 Å². The number of nitrogens with zero attached hydrogens (tertiary/aromatic N) is 1. The minimum absolute atomic E-state index is 0. The van der Waals surface area contributed by atoms with Crippen LogP contribution in [0.1, 0.15) is 41.0 Å². The van der Waals surface area contributed by atoms with Gasteiger partial charge in [0.05, 0.1) is 0 Å². The summed E-state index contributed by atoms with van der Waals surface area (Å²) in [6.45, 7) is 12.5. The second kappa shape index (κ2) is 17.7. The Balaban J connectivity index is -0.000000114. The first-order valence-electron chi connectivity index (χ1n) is 4.53. The van der Waals surface area contributed by atoms with Crippen LogP contribution in [-0.2, 0) is 0 Å². The Bertz CT molecular complexity index is 42.8. The topological polar surface area (TPSA) is 14.1 Å². The van der Waals surface area contributed by atoms with Crippen molar-refractivity contribution in [3.63, 3.8) is 0 Å². The molecule has 0 amide bonds. The summed E-state index contributed by atoms with van der Waals surface area (Å²) in [4.78, 5) is 0. The predicted molar refractivity (Wildman–Crippen MR) is 49.6 cm³/mol.